The Morgan fingerprint density at radius 2 is 1.71 bits per heavy atom. The number of nitrogens with zero attached hydrogens (tertiary/aromatic N) is 2. The van der Waals surface area contributed by atoms with E-state index >= 15 is 0 Å². The molecule has 0 bridgehead atoms. The lowest BCUT2D eigenvalue weighted by Gasteiger charge is -2.13. The van der Waals surface area contributed by atoms with Crippen LogP contribution in [0.25, 0.3) is 0 Å². The van der Waals surface area contributed by atoms with E-state index in [2.05, 4.69) is 10.6 Å². The van der Waals surface area contributed by atoms with E-state index in [1.54, 1.807) is 18.2 Å². The first-order valence-electron chi connectivity index (χ1n) is 9.08. The van der Waals surface area contributed by atoms with Crippen LogP contribution in [0.5, 0.6) is 11.5 Å². The second kappa shape index (κ2) is 10.8. The minimum absolute atomic E-state index is 0.0514. The number of nitrogens with one attached hydrogen (secondary N) is 2. The molecule has 0 spiro atoms. The smallest absolute Gasteiger partial charge is 0.277 e. The first-order chi connectivity index (χ1) is 14.7. The van der Waals surface area contributed by atoms with E-state index in [4.69, 9.17) is 21.7 Å². The van der Waals surface area contributed by atoms with Crippen molar-refractivity contribution in [2.75, 3.05) is 13.7 Å². The molecule has 0 aliphatic rings. The second-order valence-electron chi connectivity index (χ2n) is 6.22. The average molecular weight is 448 g/mol. The van der Waals surface area contributed by atoms with Crippen molar-refractivity contribution in [2.24, 2.45) is 0 Å². The molecular formula is C19H20N4O7S. The molecule has 2 aromatic rings. The monoisotopic (exact) mass is 448 g/mol. The predicted octanol–water partition coefficient (Wildman–Crippen LogP) is 3.10. The molecule has 31 heavy (non-hydrogen) atoms. The Hall–Kier alpha value is -3.80. The molecule has 0 atom stereocenters. The predicted molar refractivity (Wildman–Crippen MR) is 115 cm³/mol. The number of methoxy groups -OCH3 is 1. The van der Waals surface area contributed by atoms with Crippen LogP contribution in [0.4, 0.5) is 11.4 Å². The number of nitro groups is 2. The van der Waals surface area contributed by atoms with Gasteiger partial charge in [0.1, 0.15) is 0 Å². The van der Waals surface area contributed by atoms with Gasteiger partial charge in [0.25, 0.3) is 17.3 Å². The fourth-order valence-corrected chi connectivity index (χ4v) is 2.66. The number of rotatable bonds is 9. The van der Waals surface area contributed by atoms with Crippen molar-refractivity contribution in [3.63, 3.8) is 0 Å². The van der Waals surface area contributed by atoms with Crippen LogP contribution in [-0.2, 0) is 6.54 Å². The standard InChI is InChI=1S/C19H20N4O7S/c1-3-6-30-16-5-4-12(7-17(16)29-2)11-20-19(31)21-18(24)13-8-14(22(25)26)10-15(9-13)23(27)28/h4-5,7-10H,3,6,11H2,1-2H3,(H2,20,21,24,31). The quantitative estimate of drug-likeness (QED) is 0.335. The molecule has 1 amide bonds. The summed E-state index contributed by atoms with van der Waals surface area (Å²) in [5.41, 5.74) is -0.612. The molecular weight excluding hydrogens is 428 g/mol. The van der Waals surface area contributed by atoms with Crippen LogP contribution < -0.4 is 20.1 Å². The van der Waals surface area contributed by atoms with E-state index in [1.165, 1.54) is 7.11 Å². The van der Waals surface area contributed by atoms with Crippen molar-refractivity contribution >= 4 is 34.6 Å². The van der Waals surface area contributed by atoms with E-state index < -0.39 is 27.1 Å². The molecule has 11 nitrogen and oxygen atoms in total. The number of ether oxygens (including phenoxy) is 2. The third-order valence-corrected chi connectivity index (χ3v) is 4.20. The number of carbonyl (C=O) groups excluding carboxylic acids is 1. The van der Waals surface area contributed by atoms with E-state index in [-0.39, 0.29) is 17.2 Å². The van der Waals surface area contributed by atoms with Crippen LogP contribution in [0, 0.1) is 20.2 Å². The van der Waals surface area contributed by atoms with E-state index in [1.807, 2.05) is 6.92 Å². The Labute approximate surface area is 182 Å². The lowest BCUT2D eigenvalue weighted by Crippen LogP contribution is -2.38. The maximum absolute atomic E-state index is 12.3. The molecule has 0 radical (unpaired) electrons. The molecule has 0 aliphatic heterocycles. The van der Waals surface area contributed by atoms with Crippen molar-refractivity contribution in [2.45, 2.75) is 19.9 Å². The highest BCUT2D eigenvalue weighted by molar-refractivity contribution is 7.80. The fourth-order valence-electron chi connectivity index (χ4n) is 2.49. The molecule has 0 saturated carbocycles. The minimum atomic E-state index is -0.818. The number of non-ortho nitro benzene ring substituents is 2. The molecule has 2 rings (SSSR count). The van der Waals surface area contributed by atoms with E-state index in [0.717, 1.165) is 30.2 Å². The van der Waals surface area contributed by atoms with Gasteiger partial charge in [0, 0.05) is 18.7 Å². The topological polar surface area (TPSA) is 146 Å². The third kappa shape index (κ3) is 6.60. The lowest BCUT2D eigenvalue weighted by molar-refractivity contribution is -0.394. The average Bonchev–Trinajstić information content (AvgIpc) is 2.75. The lowest BCUT2D eigenvalue weighted by atomic mass is 10.1. The summed E-state index contributed by atoms with van der Waals surface area (Å²) in [6.07, 6.45) is 0.855. The zero-order chi connectivity index (χ0) is 23.0. The van der Waals surface area contributed by atoms with Crippen LogP contribution in [0.15, 0.2) is 36.4 Å². The number of hydrogen-bond acceptors (Lipinski definition) is 8. The van der Waals surface area contributed by atoms with Gasteiger partial charge < -0.3 is 14.8 Å². The largest absolute Gasteiger partial charge is 0.493 e. The van der Waals surface area contributed by atoms with Gasteiger partial charge >= 0.3 is 0 Å². The summed E-state index contributed by atoms with van der Waals surface area (Å²) in [7, 11) is 1.52. The summed E-state index contributed by atoms with van der Waals surface area (Å²) >= 11 is 5.08. The molecule has 0 aliphatic carbocycles. The van der Waals surface area contributed by atoms with Gasteiger partial charge in [0.2, 0.25) is 0 Å². The summed E-state index contributed by atoms with van der Waals surface area (Å²) < 4.78 is 10.9. The summed E-state index contributed by atoms with van der Waals surface area (Å²) in [5.74, 6) is 0.341. The molecule has 0 heterocycles. The van der Waals surface area contributed by atoms with Gasteiger partial charge in [0.05, 0.1) is 35.2 Å². The van der Waals surface area contributed by atoms with E-state index in [0.29, 0.717) is 18.1 Å². The summed E-state index contributed by atoms with van der Waals surface area (Å²) in [6, 6.07) is 7.96. The summed E-state index contributed by atoms with van der Waals surface area (Å²) in [6.45, 7) is 2.80. The second-order valence-corrected chi connectivity index (χ2v) is 6.63. The number of thiocarbonyl (C=S) groups is 1. The molecule has 12 heteroatoms. The highest BCUT2D eigenvalue weighted by Gasteiger charge is 2.20. The number of carbonyl (C=O) groups is 1. The number of hydrogen-bond donors (Lipinski definition) is 2. The van der Waals surface area contributed by atoms with Crippen LogP contribution in [0.3, 0.4) is 0 Å². The normalized spacial score (nSPS) is 10.1. The highest BCUT2D eigenvalue weighted by Crippen LogP contribution is 2.28. The third-order valence-electron chi connectivity index (χ3n) is 3.96. The van der Waals surface area contributed by atoms with Crippen molar-refractivity contribution in [3.8, 4) is 11.5 Å². The molecule has 0 saturated heterocycles. The van der Waals surface area contributed by atoms with Gasteiger partial charge in [0.15, 0.2) is 16.6 Å². The molecule has 0 unspecified atom stereocenters. The van der Waals surface area contributed by atoms with Crippen LogP contribution >= 0.6 is 12.2 Å². The maximum Gasteiger partial charge on any atom is 0.277 e. The maximum atomic E-state index is 12.3. The summed E-state index contributed by atoms with van der Waals surface area (Å²) in [4.78, 5) is 32.6. The minimum Gasteiger partial charge on any atom is -0.493 e. The number of nitro benzene ring substituents is 2. The zero-order valence-electron chi connectivity index (χ0n) is 16.7. The van der Waals surface area contributed by atoms with E-state index in [9.17, 15) is 25.0 Å². The van der Waals surface area contributed by atoms with Crippen LogP contribution in [-0.4, -0.2) is 34.6 Å². The Morgan fingerprint density at radius 1 is 1.06 bits per heavy atom. The number of benzene rings is 2. The van der Waals surface area contributed by atoms with Crippen molar-refractivity contribution in [3.05, 3.63) is 67.8 Å². The van der Waals surface area contributed by atoms with Crippen LogP contribution in [0.1, 0.15) is 29.3 Å². The molecule has 0 aromatic heterocycles. The van der Waals surface area contributed by atoms with Gasteiger partial charge in [-0.25, -0.2) is 0 Å². The van der Waals surface area contributed by atoms with Crippen molar-refractivity contribution < 1.29 is 24.1 Å². The molecule has 164 valence electrons. The van der Waals surface area contributed by atoms with Gasteiger partial charge in [-0.2, -0.15) is 0 Å². The Morgan fingerprint density at radius 3 is 2.26 bits per heavy atom. The van der Waals surface area contributed by atoms with Crippen molar-refractivity contribution in [1.29, 1.82) is 0 Å². The van der Waals surface area contributed by atoms with Crippen molar-refractivity contribution in [1.82, 2.24) is 10.6 Å². The van der Waals surface area contributed by atoms with Gasteiger partial charge in [-0.3, -0.25) is 30.3 Å². The molecule has 0 fully saturated rings. The zero-order valence-corrected chi connectivity index (χ0v) is 17.6. The number of amides is 1. The molecule has 2 N–H and O–H groups in total. The Balaban J connectivity index is 2.04. The van der Waals surface area contributed by atoms with Gasteiger partial charge in [-0.05, 0) is 36.3 Å². The van der Waals surface area contributed by atoms with Crippen LogP contribution in [0.2, 0.25) is 0 Å². The van der Waals surface area contributed by atoms with Gasteiger partial charge in [-0.1, -0.05) is 13.0 Å². The molecule has 2 aromatic carbocycles. The highest BCUT2D eigenvalue weighted by atomic mass is 32.1. The van der Waals surface area contributed by atoms with Gasteiger partial charge in [-0.15, -0.1) is 0 Å². The first kappa shape index (κ1) is 23.5. The Kier molecular flexibility index (Phi) is 8.20. The SMILES string of the molecule is CCCOc1ccc(CNC(=S)NC(=O)c2cc([N+](=O)[O-])cc([N+](=O)[O-])c2)cc1OC. The summed E-state index contributed by atoms with van der Waals surface area (Å²) in [5, 5.41) is 27.0. The fraction of sp³-hybridized carbons (Fsp3) is 0.263. The Bertz CT molecular complexity index is 980. The first-order valence-corrected chi connectivity index (χ1v) is 9.48.